The molecule has 0 fully saturated rings. The lowest BCUT2D eigenvalue weighted by molar-refractivity contribution is 0.639. The van der Waals surface area contributed by atoms with Gasteiger partial charge in [-0.15, -0.1) is 0 Å². The third kappa shape index (κ3) is 1.27. The Bertz CT molecular complexity index is 462. The van der Waals surface area contributed by atoms with Crippen molar-refractivity contribution in [2.24, 2.45) is 0 Å². The summed E-state index contributed by atoms with van der Waals surface area (Å²) < 4.78 is 14.0. The normalized spacial score (nSPS) is 10.6. The van der Waals surface area contributed by atoms with E-state index in [1.807, 2.05) is 0 Å². The van der Waals surface area contributed by atoms with Crippen LogP contribution in [-0.2, 0) is 0 Å². The summed E-state index contributed by atoms with van der Waals surface area (Å²) in [5.74, 6) is 0.0520. The maximum absolute atomic E-state index is 13.2. The van der Waals surface area contributed by atoms with Gasteiger partial charge >= 0.3 is 0 Å². The molecule has 2 nitrogen and oxygen atoms in total. The number of hydrogen-bond acceptors (Lipinski definition) is 2. The maximum Gasteiger partial charge on any atom is 0.132 e. The lowest BCUT2D eigenvalue weighted by Gasteiger charge is -2.03. The number of pyridine rings is 1. The van der Waals surface area contributed by atoms with Gasteiger partial charge in [0.25, 0.3) is 0 Å². The van der Waals surface area contributed by atoms with E-state index in [0.29, 0.717) is 16.6 Å². The molecule has 0 saturated carbocycles. The minimum atomic E-state index is -0.285. The van der Waals surface area contributed by atoms with E-state index in [0.717, 1.165) is 4.47 Å². The van der Waals surface area contributed by atoms with Gasteiger partial charge in [-0.2, -0.15) is 0 Å². The smallest absolute Gasteiger partial charge is 0.132 e. The molecule has 0 radical (unpaired) electrons. The van der Waals surface area contributed by atoms with E-state index in [9.17, 15) is 4.39 Å². The molecular weight excluding hydrogens is 235 g/mol. The Hall–Kier alpha value is -1.16. The number of benzene rings is 1. The molecule has 2 N–H and O–H groups in total. The van der Waals surface area contributed by atoms with Crippen LogP contribution in [0.4, 0.5) is 10.2 Å². The van der Waals surface area contributed by atoms with Crippen molar-refractivity contribution >= 4 is 32.5 Å². The van der Waals surface area contributed by atoms with Gasteiger partial charge in [0.15, 0.2) is 0 Å². The van der Waals surface area contributed by atoms with Crippen molar-refractivity contribution in [2.45, 2.75) is 0 Å². The summed E-state index contributed by atoms with van der Waals surface area (Å²) in [7, 11) is 0. The average Bonchev–Trinajstić information content (AvgIpc) is 2.12. The standard InChI is InChI=1S/C9H6BrFN2/c10-6-1-2-7(11)5-3-4-13-9(12)8(5)6/h1-4H,(H2,12,13). The molecule has 1 heterocycles. The van der Waals surface area contributed by atoms with Crippen LogP contribution in [0.1, 0.15) is 0 Å². The second kappa shape index (κ2) is 2.96. The van der Waals surface area contributed by atoms with E-state index in [-0.39, 0.29) is 5.82 Å². The first-order valence-electron chi connectivity index (χ1n) is 3.68. The molecule has 2 aromatic rings. The lowest BCUT2D eigenvalue weighted by Crippen LogP contribution is -1.92. The number of fused-ring (bicyclic) bond motifs is 1. The summed E-state index contributed by atoms with van der Waals surface area (Å²) in [6, 6.07) is 4.62. The molecule has 2 rings (SSSR count). The van der Waals surface area contributed by atoms with Gasteiger partial charge in [-0.25, -0.2) is 9.37 Å². The van der Waals surface area contributed by atoms with Gasteiger partial charge in [-0.1, -0.05) is 15.9 Å². The molecule has 0 aliphatic heterocycles. The van der Waals surface area contributed by atoms with Gasteiger partial charge in [-0.3, -0.25) is 0 Å². The maximum atomic E-state index is 13.2. The first kappa shape index (κ1) is 8.44. The monoisotopic (exact) mass is 240 g/mol. The molecule has 0 aliphatic rings. The molecule has 0 spiro atoms. The van der Waals surface area contributed by atoms with Crippen molar-refractivity contribution in [1.82, 2.24) is 4.98 Å². The fourth-order valence-electron chi connectivity index (χ4n) is 1.25. The Kier molecular flexibility index (Phi) is 1.92. The fourth-order valence-corrected chi connectivity index (χ4v) is 1.80. The Labute approximate surface area is 82.7 Å². The number of halogens is 2. The fraction of sp³-hybridized carbons (Fsp3) is 0. The number of nitrogens with two attached hydrogens (primary N) is 1. The van der Waals surface area contributed by atoms with E-state index in [1.165, 1.54) is 12.3 Å². The van der Waals surface area contributed by atoms with Crippen LogP contribution in [0.15, 0.2) is 28.9 Å². The third-order valence-corrected chi connectivity index (χ3v) is 2.51. The SMILES string of the molecule is Nc1nccc2c(F)ccc(Br)c12. The minimum Gasteiger partial charge on any atom is -0.383 e. The summed E-state index contributed by atoms with van der Waals surface area (Å²) in [5.41, 5.74) is 5.62. The number of rotatable bonds is 0. The van der Waals surface area contributed by atoms with Crippen LogP contribution in [0.2, 0.25) is 0 Å². The molecule has 0 unspecified atom stereocenters. The molecule has 0 aliphatic carbocycles. The number of anilines is 1. The van der Waals surface area contributed by atoms with Crippen molar-refractivity contribution in [3.63, 3.8) is 0 Å². The van der Waals surface area contributed by atoms with Crippen molar-refractivity contribution in [3.05, 3.63) is 34.7 Å². The number of nitrogens with zero attached hydrogens (tertiary/aromatic N) is 1. The molecule has 13 heavy (non-hydrogen) atoms. The van der Waals surface area contributed by atoms with E-state index in [4.69, 9.17) is 5.73 Å². The van der Waals surface area contributed by atoms with Crippen LogP contribution in [-0.4, -0.2) is 4.98 Å². The summed E-state index contributed by atoms with van der Waals surface area (Å²) in [6.45, 7) is 0. The lowest BCUT2D eigenvalue weighted by atomic mass is 10.1. The highest BCUT2D eigenvalue weighted by Gasteiger charge is 2.06. The highest BCUT2D eigenvalue weighted by molar-refractivity contribution is 9.10. The van der Waals surface area contributed by atoms with E-state index in [1.54, 1.807) is 12.1 Å². The summed E-state index contributed by atoms with van der Waals surface area (Å²) in [5, 5.41) is 1.12. The van der Waals surface area contributed by atoms with Crippen LogP contribution >= 0.6 is 15.9 Å². The van der Waals surface area contributed by atoms with Crippen LogP contribution in [0.3, 0.4) is 0 Å². The molecule has 0 saturated heterocycles. The molecule has 0 atom stereocenters. The zero-order valence-corrected chi connectivity index (χ0v) is 8.18. The van der Waals surface area contributed by atoms with Crippen LogP contribution < -0.4 is 5.73 Å². The van der Waals surface area contributed by atoms with Crippen molar-refractivity contribution in [3.8, 4) is 0 Å². The Morgan fingerprint density at radius 2 is 2.08 bits per heavy atom. The Morgan fingerprint density at radius 1 is 1.31 bits per heavy atom. The molecule has 0 bridgehead atoms. The second-order valence-corrected chi connectivity index (χ2v) is 3.50. The average molecular weight is 241 g/mol. The van der Waals surface area contributed by atoms with Gasteiger partial charge in [0.1, 0.15) is 11.6 Å². The van der Waals surface area contributed by atoms with E-state index < -0.39 is 0 Å². The van der Waals surface area contributed by atoms with E-state index >= 15 is 0 Å². The Balaban J connectivity index is 3.00. The highest BCUT2D eigenvalue weighted by atomic mass is 79.9. The third-order valence-electron chi connectivity index (χ3n) is 1.85. The molecule has 66 valence electrons. The number of nitrogen functional groups attached to an aromatic ring is 1. The zero-order valence-electron chi connectivity index (χ0n) is 6.59. The predicted octanol–water partition coefficient (Wildman–Crippen LogP) is 2.72. The van der Waals surface area contributed by atoms with Gasteiger partial charge in [-0.05, 0) is 18.2 Å². The predicted molar refractivity (Wildman–Crippen MR) is 53.8 cm³/mol. The van der Waals surface area contributed by atoms with Gasteiger partial charge in [0.05, 0.1) is 0 Å². The minimum absolute atomic E-state index is 0.285. The molecule has 1 aromatic heterocycles. The van der Waals surface area contributed by atoms with Crippen molar-refractivity contribution < 1.29 is 4.39 Å². The second-order valence-electron chi connectivity index (χ2n) is 2.65. The van der Waals surface area contributed by atoms with Gasteiger partial charge in [0, 0.05) is 21.4 Å². The summed E-state index contributed by atoms with van der Waals surface area (Å²) in [4.78, 5) is 3.89. The van der Waals surface area contributed by atoms with Crippen molar-refractivity contribution in [2.75, 3.05) is 5.73 Å². The topological polar surface area (TPSA) is 38.9 Å². The van der Waals surface area contributed by atoms with Crippen molar-refractivity contribution in [1.29, 1.82) is 0 Å². The van der Waals surface area contributed by atoms with Crippen LogP contribution in [0.5, 0.6) is 0 Å². The molecule has 4 heteroatoms. The summed E-state index contributed by atoms with van der Waals surface area (Å²) in [6.07, 6.45) is 1.49. The summed E-state index contributed by atoms with van der Waals surface area (Å²) >= 11 is 3.30. The molecular formula is C9H6BrFN2. The first-order valence-corrected chi connectivity index (χ1v) is 4.47. The van der Waals surface area contributed by atoms with Gasteiger partial charge < -0.3 is 5.73 Å². The van der Waals surface area contributed by atoms with Gasteiger partial charge in [0.2, 0.25) is 0 Å². The molecule has 0 amide bonds. The van der Waals surface area contributed by atoms with Crippen LogP contribution in [0.25, 0.3) is 10.8 Å². The van der Waals surface area contributed by atoms with Crippen LogP contribution in [0, 0.1) is 5.82 Å². The molecule has 1 aromatic carbocycles. The zero-order chi connectivity index (χ0) is 9.42. The number of aromatic nitrogens is 1. The van der Waals surface area contributed by atoms with E-state index in [2.05, 4.69) is 20.9 Å². The quantitative estimate of drug-likeness (QED) is 0.770. The Morgan fingerprint density at radius 3 is 2.77 bits per heavy atom. The highest BCUT2D eigenvalue weighted by Crippen LogP contribution is 2.29. The first-order chi connectivity index (χ1) is 6.20. The number of hydrogen-bond donors (Lipinski definition) is 1. The largest absolute Gasteiger partial charge is 0.383 e.